The standard InChI is InChI=1S/C10H11N3OS2/c1-13(2)8-4-3-6(16-8)5-7-9(14)12-10(15)11-7/h3-5H,1-2H3,(H2,11,12,14,15)/b7-5-. The molecule has 0 bridgehead atoms. The van der Waals surface area contributed by atoms with E-state index in [1.54, 1.807) is 17.4 Å². The van der Waals surface area contributed by atoms with E-state index < -0.39 is 0 Å². The molecule has 1 aliphatic heterocycles. The first kappa shape index (κ1) is 11.1. The monoisotopic (exact) mass is 253 g/mol. The Labute approximate surface area is 103 Å². The second kappa shape index (κ2) is 4.23. The molecule has 2 N–H and O–H groups in total. The highest BCUT2D eigenvalue weighted by atomic mass is 32.1. The van der Waals surface area contributed by atoms with Crippen molar-refractivity contribution in [2.45, 2.75) is 0 Å². The van der Waals surface area contributed by atoms with Crippen molar-refractivity contribution in [2.24, 2.45) is 0 Å². The van der Waals surface area contributed by atoms with Crippen LogP contribution in [0.1, 0.15) is 4.88 Å². The summed E-state index contributed by atoms with van der Waals surface area (Å²) in [6.45, 7) is 0. The van der Waals surface area contributed by atoms with E-state index in [0.29, 0.717) is 10.8 Å². The van der Waals surface area contributed by atoms with Gasteiger partial charge in [0, 0.05) is 19.0 Å². The number of rotatable bonds is 2. The molecule has 16 heavy (non-hydrogen) atoms. The smallest absolute Gasteiger partial charge is 0.273 e. The maximum absolute atomic E-state index is 11.4. The number of nitrogens with zero attached hydrogens (tertiary/aromatic N) is 1. The second-order valence-electron chi connectivity index (χ2n) is 3.54. The highest BCUT2D eigenvalue weighted by Crippen LogP contribution is 2.25. The number of carbonyl (C=O) groups excluding carboxylic acids is 1. The van der Waals surface area contributed by atoms with Gasteiger partial charge in [-0.15, -0.1) is 11.3 Å². The van der Waals surface area contributed by atoms with Gasteiger partial charge in [0.2, 0.25) is 0 Å². The first-order valence-corrected chi connectivity index (χ1v) is 5.90. The van der Waals surface area contributed by atoms with Crippen molar-refractivity contribution in [1.82, 2.24) is 10.6 Å². The van der Waals surface area contributed by atoms with Gasteiger partial charge in [0.25, 0.3) is 5.91 Å². The molecular formula is C10H11N3OS2. The summed E-state index contributed by atoms with van der Waals surface area (Å²) in [6, 6.07) is 3.99. The number of hydrogen-bond acceptors (Lipinski definition) is 4. The molecule has 2 heterocycles. The summed E-state index contributed by atoms with van der Waals surface area (Å²) >= 11 is 6.46. The van der Waals surface area contributed by atoms with Gasteiger partial charge in [-0.2, -0.15) is 0 Å². The Balaban J connectivity index is 2.22. The average molecular weight is 253 g/mol. The Hall–Kier alpha value is -1.40. The highest BCUT2D eigenvalue weighted by Gasteiger charge is 2.20. The molecule has 0 aromatic carbocycles. The lowest BCUT2D eigenvalue weighted by Gasteiger charge is -2.06. The number of hydrogen-bond donors (Lipinski definition) is 2. The van der Waals surface area contributed by atoms with Crippen LogP contribution in [0.2, 0.25) is 0 Å². The van der Waals surface area contributed by atoms with Crippen LogP contribution in [0.25, 0.3) is 6.08 Å². The fraction of sp³-hybridized carbons (Fsp3) is 0.200. The Morgan fingerprint density at radius 3 is 2.62 bits per heavy atom. The molecule has 0 unspecified atom stereocenters. The van der Waals surface area contributed by atoms with Gasteiger partial charge >= 0.3 is 0 Å². The van der Waals surface area contributed by atoms with E-state index in [0.717, 1.165) is 9.88 Å². The van der Waals surface area contributed by atoms with Crippen LogP contribution in [0.5, 0.6) is 0 Å². The largest absolute Gasteiger partial charge is 0.370 e. The molecule has 6 heteroatoms. The third kappa shape index (κ3) is 2.23. The van der Waals surface area contributed by atoms with Gasteiger partial charge in [-0.25, -0.2) is 0 Å². The van der Waals surface area contributed by atoms with Crippen molar-refractivity contribution in [2.75, 3.05) is 19.0 Å². The number of thiocarbonyl (C=S) groups is 1. The van der Waals surface area contributed by atoms with Gasteiger partial charge in [0.15, 0.2) is 5.11 Å². The second-order valence-corrected chi connectivity index (χ2v) is 5.04. The fourth-order valence-corrected chi connectivity index (χ4v) is 2.36. The number of carbonyl (C=O) groups is 1. The van der Waals surface area contributed by atoms with Crippen LogP contribution in [0.4, 0.5) is 5.00 Å². The Bertz CT molecular complexity index is 476. The van der Waals surface area contributed by atoms with Crippen LogP contribution in [-0.2, 0) is 4.79 Å². The first-order valence-electron chi connectivity index (χ1n) is 4.67. The van der Waals surface area contributed by atoms with Gasteiger partial charge in [-0.3, -0.25) is 10.1 Å². The molecule has 1 saturated heterocycles. The molecule has 4 nitrogen and oxygen atoms in total. The minimum Gasteiger partial charge on any atom is -0.370 e. The zero-order valence-electron chi connectivity index (χ0n) is 8.90. The van der Waals surface area contributed by atoms with Gasteiger partial charge in [0.05, 0.1) is 5.00 Å². The minimum absolute atomic E-state index is 0.176. The van der Waals surface area contributed by atoms with Crippen LogP contribution in [0, 0.1) is 0 Å². The zero-order valence-corrected chi connectivity index (χ0v) is 10.5. The molecule has 1 amide bonds. The predicted molar refractivity (Wildman–Crippen MR) is 70.5 cm³/mol. The Kier molecular flexibility index (Phi) is 2.93. The molecule has 0 aliphatic carbocycles. The fourth-order valence-electron chi connectivity index (χ4n) is 1.28. The number of amides is 1. The van der Waals surface area contributed by atoms with Gasteiger partial charge in [-0.1, -0.05) is 0 Å². The summed E-state index contributed by atoms with van der Waals surface area (Å²) in [5.74, 6) is -0.176. The summed E-state index contributed by atoms with van der Waals surface area (Å²) in [5, 5.41) is 6.85. The molecule has 84 valence electrons. The maximum atomic E-state index is 11.4. The first-order chi connectivity index (χ1) is 7.56. The van der Waals surface area contributed by atoms with E-state index in [2.05, 4.69) is 10.6 Å². The predicted octanol–water partition coefficient (Wildman–Crippen LogP) is 1.16. The van der Waals surface area contributed by atoms with Crippen molar-refractivity contribution in [1.29, 1.82) is 0 Å². The molecule has 0 saturated carbocycles. The number of nitrogens with one attached hydrogen (secondary N) is 2. The van der Waals surface area contributed by atoms with Crippen molar-refractivity contribution in [3.8, 4) is 0 Å². The van der Waals surface area contributed by atoms with Crippen LogP contribution < -0.4 is 15.5 Å². The lowest BCUT2D eigenvalue weighted by Crippen LogP contribution is -2.21. The minimum atomic E-state index is -0.176. The molecule has 1 aromatic heterocycles. The average Bonchev–Trinajstić information content (AvgIpc) is 2.75. The third-order valence-corrected chi connectivity index (χ3v) is 3.46. The molecule has 0 radical (unpaired) electrons. The molecule has 1 fully saturated rings. The Morgan fingerprint density at radius 2 is 2.12 bits per heavy atom. The van der Waals surface area contributed by atoms with Gasteiger partial charge in [-0.05, 0) is 30.4 Å². The number of thiophene rings is 1. The van der Waals surface area contributed by atoms with Crippen molar-refractivity contribution in [3.05, 3.63) is 22.7 Å². The lowest BCUT2D eigenvalue weighted by atomic mass is 10.3. The van der Waals surface area contributed by atoms with Crippen LogP contribution in [0.15, 0.2) is 17.8 Å². The molecule has 0 spiro atoms. The molecule has 1 aliphatic rings. The number of anilines is 1. The molecule has 2 rings (SSSR count). The van der Waals surface area contributed by atoms with E-state index >= 15 is 0 Å². The molecular weight excluding hydrogens is 242 g/mol. The normalized spacial score (nSPS) is 17.5. The van der Waals surface area contributed by atoms with E-state index in [-0.39, 0.29) is 5.91 Å². The summed E-state index contributed by atoms with van der Waals surface area (Å²) in [5.41, 5.74) is 0.497. The quantitative estimate of drug-likeness (QED) is 0.613. The topological polar surface area (TPSA) is 44.4 Å². The van der Waals surface area contributed by atoms with Crippen LogP contribution in [0.3, 0.4) is 0 Å². The van der Waals surface area contributed by atoms with Crippen molar-refractivity contribution >= 4 is 45.7 Å². The maximum Gasteiger partial charge on any atom is 0.273 e. The SMILES string of the molecule is CN(C)c1ccc(/C=C2\NC(=S)NC2=O)s1. The third-order valence-electron chi connectivity index (χ3n) is 2.06. The van der Waals surface area contributed by atoms with Crippen molar-refractivity contribution in [3.63, 3.8) is 0 Å². The summed E-state index contributed by atoms with van der Waals surface area (Å²) < 4.78 is 0. The van der Waals surface area contributed by atoms with E-state index in [1.165, 1.54) is 0 Å². The van der Waals surface area contributed by atoms with E-state index in [1.807, 2.05) is 31.1 Å². The Morgan fingerprint density at radius 1 is 1.38 bits per heavy atom. The van der Waals surface area contributed by atoms with Crippen LogP contribution in [-0.4, -0.2) is 25.1 Å². The van der Waals surface area contributed by atoms with E-state index in [9.17, 15) is 4.79 Å². The lowest BCUT2D eigenvalue weighted by molar-refractivity contribution is -0.115. The summed E-state index contributed by atoms with van der Waals surface area (Å²) in [7, 11) is 3.97. The molecule has 0 atom stereocenters. The van der Waals surface area contributed by atoms with Gasteiger partial charge in [0.1, 0.15) is 5.70 Å². The van der Waals surface area contributed by atoms with Crippen LogP contribution >= 0.6 is 23.6 Å². The highest BCUT2D eigenvalue weighted by molar-refractivity contribution is 7.80. The summed E-state index contributed by atoms with van der Waals surface area (Å²) in [4.78, 5) is 14.4. The molecule has 1 aromatic rings. The van der Waals surface area contributed by atoms with Gasteiger partial charge < -0.3 is 10.2 Å². The summed E-state index contributed by atoms with van der Waals surface area (Å²) in [6.07, 6.45) is 1.80. The van der Waals surface area contributed by atoms with Crippen molar-refractivity contribution < 1.29 is 4.79 Å². The zero-order chi connectivity index (χ0) is 11.7. The van der Waals surface area contributed by atoms with E-state index in [4.69, 9.17) is 12.2 Å².